The number of aromatic nitrogens is 2. The van der Waals surface area contributed by atoms with Crippen LogP contribution in [0.15, 0.2) is 93.8 Å². The number of nitrogens with zero attached hydrogens (tertiary/aromatic N) is 6. The van der Waals surface area contributed by atoms with Crippen LogP contribution in [0.4, 0.5) is 52.7 Å². The van der Waals surface area contributed by atoms with Crippen molar-refractivity contribution in [2.45, 2.75) is 24.7 Å². The molecule has 8 nitrogen and oxygen atoms in total. The van der Waals surface area contributed by atoms with Gasteiger partial charge in [-0.3, -0.25) is 0 Å². The molecule has 0 aliphatic rings. The standard InChI is InChI=1S/C42H14F12N6O2/c43-39(44,45)27-9-23(10-28(13-27)40(46,47)48)19-1-5-21(6-2-19)31-33-36(62-37(59-33)25(15-55)16-56)32(34-35(31)61-38(60-34)26(17-57)18-58)22-7-3-20(4-8-22)24-11-29(41(49,50)51)14-30(12-24)42(52,53)54/h1-14H. The highest BCUT2D eigenvalue weighted by atomic mass is 19.4. The van der Waals surface area contributed by atoms with Crippen LogP contribution >= 0.6 is 0 Å². The molecule has 0 unspecified atom stereocenters. The van der Waals surface area contributed by atoms with E-state index in [2.05, 4.69) is 9.97 Å². The zero-order valence-electron chi connectivity index (χ0n) is 30.1. The van der Waals surface area contributed by atoms with Gasteiger partial charge in [0.25, 0.3) is 0 Å². The Labute approximate surface area is 337 Å². The van der Waals surface area contributed by atoms with Gasteiger partial charge in [0, 0.05) is 0 Å². The first-order valence-electron chi connectivity index (χ1n) is 17.0. The molecular formula is C42H14F12N6O2. The molecule has 7 rings (SSSR count). The van der Waals surface area contributed by atoms with E-state index < -0.39 is 80.3 Å². The molecular weight excluding hydrogens is 848 g/mol. The second-order valence-corrected chi connectivity index (χ2v) is 13.1. The maximum absolute atomic E-state index is 13.7. The van der Waals surface area contributed by atoms with Crippen molar-refractivity contribution >= 4 is 33.3 Å². The zero-order valence-corrected chi connectivity index (χ0v) is 30.1. The van der Waals surface area contributed by atoms with Crippen LogP contribution in [0.25, 0.3) is 77.9 Å². The predicted molar refractivity (Wildman–Crippen MR) is 192 cm³/mol. The minimum atomic E-state index is -5.15. The molecule has 2 heterocycles. The second kappa shape index (κ2) is 14.9. The zero-order chi connectivity index (χ0) is 45.1. The van der Waals surface area contributed by atoms with Crippen LogP contribution < -0.4 is 11.1 Å². The number of alkyl halides is 12. The Morgan fingerprint density at radius 2 is 0.645 bits per heavy atom. The number of nitriles is 4. The lowest BCUT2D eigenvalue weighted by molar-refractivity contribution is -0.144. The SMILES string of the molecule is N#CC(C#N)=c1nc2c(-c3ccc(-c4cc(C(F)(F)F)cc(C(F)(F)F)c4)cc3)c3oc(=C(C#N)C#N)nc3c(-c3ccc(-c4cc(C(F)(F)F)cc(C(F)(F)F)c4)cc3)c2o1. The molecule has 0 aliphatic carbocycles. The highest BCUT2D eigenvalue weighted by molar-refractivity contribution is 6.15. The lowest BCUT2D eigenvalue weighted by atomic mass is 9.93. The molecule has 0 aliphatic heterocycles. The Kier molecular flexibility index (Phi) is 10.1. The number of benzene rings is 5. The second-order valence-electron chi connectivity index (χ2n) is 13.1. The lowest BCUT2D eigenvalue weighted by Crippen LogP contribution is -2.11. The van der Waals surface area contributed by atoms with Gasteiger partial charge in [0.1, 0.15) is 35.3 Å². The highest BCUT2D eigenvalue weighted by Gasteiger charge is 2.38. The topological polar surface area (TPSA) is 147 Å². The molecule has 0 fully saturated rings. The number of oxazole rings is 2. The molecule has 7 aromatic rings. The number of hydrogen-bond acceptors (Lipinski definition) is 8. The molecule has 0 amide bonds. The van der Waals surface area contributed by atoms with E-state index in [-0.39, 0.29) is 67.7 Å². The Morgan fingerprint density at radius 3 is 0.887 bits per heavy atom. The largest absolute Gasteiger partial charge is 0.434 e. The monoisotopic (exact) mass is 862 g/mol. The van der Waals surface area contributed by atoms with Gasteiger partial charge in [0.2, 0.25) is 11.1 Å². The number of hydrogen-bond donors (Lipinski definition) is 0. The molecule has 0 bridgehead atoms. The maximum Gasteiger partial charge on any atom is 0.416 e. The molecule has 5 aromatic carbocycles. The van der Waals surface area contributed by atoms with Gasteiger partial charge in [-0.2, -0.15) is 73.7 Å². The summed E-state index contributed by atoms with van der Waals surface area (Å²) in [6, 6.07) is 18.0. The van der Waals surface area contributed by atoms with Crippen LogP contribution in [-0.4, -0.2) is 9.97 Å². The summed E-state index contributed by atoms with van der Waals surface area (Å²) < 4.78 is 176. The maximum atomic E-state index is 13.7. The van der Waals surface area contributed by atoms with Crippen LogP contribution in [0.3, 0.4) is 0 Å². The Balaban J connectivity index is 1.50. The summed E-state index contributed by atoms with van der Waals surface area (Å²) in [5, 5.41) is 38.6. The average molecular weight is 863 g/mol. The van der Waals surface area contributed by atoms with Gasteiger partial charge >= 0.3 is 24.7 Å². The molecule has 0 spiro atoms. The fourth-order valence-corrected chi connectivity index (χ4v) is 6.43. The van der Waals surface area contributed by atoms with Crippen molar-refractivity contribution in [3.05, 3.63) is 118 Å². The van der Waals surface area contributed by atoms with E-state index in [0.29, 0.717) is 24.3 Å². The van der Waals surface area contributed by atoms with E-state index in [1.54, 1.807) is 24.3 Å². The Morgan fingerprint density at radius 1 is 0.387 bits per heavy atom. The van der Waals surface area contributed by atoms with E-state index in [0.717, 1.165) is 24.3 Å². The smallest absolute Gasteiger partial charge is 0.416 e. The summed E-state index contributed by atoms with van der Waals surface area (Å²) >= 11 is 0. The summed E-state index contributed by atoms with van der Waals surface area (Å²) in [5.41, 5.74) is -11.0. The van der Waals surface area contributed by atoms with Crippen LogP contribution in [-0.2, 0) is 24.7 Å². The van der Waals surface area contributed by atoms with Crippen LogP contribution in [0.2, 0.25) is 0 Å². The summed E-state index contributed by atoms with van der Waals surface area (Å²) in [6.07, 6.45) is -20.6. The van der Waals surface area contributed by atoms with Crippen molar-refractivity contribution in [2.24, 2.45) is 0 Å². The van der Waals surface area contributed by atoms with Gasteiger partial charge in [-0.1, -0.05) is 48.5 Å². The van der Waals surface area contributed by atoms with Gasteiger partial charge in [-0.15, -0.1) is 0 Å². The van der Waals surface area contributed by atoms with E-state index in [4.69, 9.17) is 8.83 Å². The first-order chi connectivity index (χ1) is 29.0. The van der Waals surface area contributed by atoms with Crippen LogP contribution in [0, 0.1) is 45.3 Å². The molecule has 0 saturated heterocycles. The Hall–Kier alpha value is -8.10. The number of halogens is 12. The van der Waals surface area contributed by atoms with Gasteiger partial charge in [-0.25, -0.2) is 9.97 Å². The number of rotatable bonds is 4. The first-order valence-corrected chi connectivity index (χ1v) is 17.0. The van der Waals surface area contributed by atoms with Gasteiger partial charge in [0.05, 0.1) is 33.4 Å². The summed E-state index contributed by atoms with van der Waals surface area (Å²) in [4.78, 5) is 8.63. The Bertz CT molecular complexity index is 2900. The van der Waals surface area contributed by atoms with Crippen molar-refractivity contribution in [1.82, 2.24) is 9.97 Å². The predicted octanol–water partition coefficient (Wildman–Crippen LogP) is 11.1. The summed E-state index contributed by atoms with van der Waals surface area (Å²) in [6.45, 7) is 0. The fraction of sp³-hybridized carbons (Fsp3) is 0.0952. The van der Waals surface area contributed by atoms with E-state index >= 15 is 0 Å². The molecule has 308 valence electrons. The normalized spacial score (nSPS) is 12.1. The molecule has 0 N–H and O–H groups in total. The summed E-state index contributed by atoms with van der Waals surface area (Å²) in [5.74, 6) is 0. The van der Waals surface area contributed by atoms with Crippen molar-refractivity contribution in [1.29, 1.82) is 21.0 Å². The first kappa shape index (κ1) is 42.0. The molecule has 20 heteroatoms. The number of fused-ring (bicyclic) bond motifs is 2. The highest BCUT2D eigenvalue weighted by Crippen LogP contribution is 2.45. The van der Waals surface area contributed by atoms with Crippen LogP contribution in [0.5, 0.6) is 0 Å². The third-order valence-electron chi connectivity index (χ3n) is 9.25. The minimum Gasteiger partial charge on any atom is -0.434 e. The third-order valence-corrected chi connectivity index (χ3v) is 9.25. The lowest BCUT2D eigenvalue weighted by Gasteiger charge is -2.15. The van der Waals surface area contributed by atoms with Crippen molar-refractivity contribution in [2.75, 3.05) is 0 Å². The van der Waals surface area contributed by atoms with Gasteiger partial charge < -0.3 is 8.83 Å². The fourth-order valence-electron chi connectivity index (χ4n) is 6.43. The molecule has 0 saturated carbocycles. The molecule has 0 radical (unpaired) electrons. The quantitative estimate of drug-likeness (QED) is 0.159. The van der Waals surface area contributed by atoms with Gasteiger partial charge in [-0.05, 0) is 69.8 Å². The third kappa shape index (κ3) is 7.73. The van der Waals surface area contributed by atoms with Crippen molar-refractivity contribution in [3.8, 4) is 68.8 Å². The van der Waals surface area contributed by atoms with E-state index in [1.165, 1.54) is 24.3 Å². The minimum absolute atomic E-state index is 0.0411. The van der Waals surface area contributed by atoms with Crippen LogP contribution in [0.1, 0.15) is 22.3 Å². The van der Waals surface area contributed by atoms with E-state index in [9.17, 15) is 73.7 Å². The van der Waals surface area contributed by atoms with Crippen molar-refractivity contribution in [3.63, 3.8) is 0 Å². The van der Waals surface area contributed by atoms with Gasteiger partial charge in [0.15, 0.2) is 22.3 Å². The molecule has 62 heavy (non-hydrogen) atoms. The molecule has 2 aromatic heterocycles. The average Bonchev–Trinajstić information content (AvgIpc) is 3.84. The van der Waals surface area contributed by atoms with Crippen molar-refractivity contribution < 1.29 is 61.5 Å². The molecule has 0 atom stereocenters. The summed E-state index contributed by atoms with van der Waals surface area (Å²) in [7, 11) is 0. The van der Waals surface area contributed by atoms with E-state index in [1.807, 2.05) is 0 Å².